The van der Waals surface area contributed by atoms with Crippen molar-refractivity contribution in [2.75, 3.05) is 19.7 Å². The number of aliphatic hydroxyl groups excluding tert-OH is 1. The number of rotatable bonds is 11. The van der Waals surface area contributed by atoms with Crippen LogP contribution in [0.1, 0.15) is 60.1 Å². The van der Waals surface area contributed by atoms with Crippen LogP contribution >= 0.6 is 0 Å². The second kappa shape index (κ2) is 11.7. The van der Waals surface area contributed by atoms with E-state index in [0.29, 0.717) is 24.6 Å². The standard InChI is InChI=1S/C27H36FNO4/c1-18-6-10-25(22(13-18)9-11-27(31)32)20(3)33-17-24(30)16-29-12-4-5-23(29)14-21-8-7-19(2)26(28)15-21/h6-8,10,13,15,20,23-24,30H,4-5,9,11-12,14,16-17H2,1-3H3,(H,31,32)/t20-,23+,24+/m1/s1. The van der Waals surface area contributed by atoms with Crippen molar-refractivity contribution < 1.29 is 24.1 Å². The second-order valence-electron chi connectivity index (χ2n) is 9.30. The van der Waals surface area contributed by atoms with Crippen LogP contribution in [0.4, 0.5) is 4.39 Å². The Bertz CT molecular complexity index is 948. The summed E-state index contributed by atoms with van der Waals surface area (Å²) in [6.07, 6.45) is 2.54. The van der Waals surface area contributed by atoms with Crippen molar-refractivity contribution in [1.29, 1.82) is 0 Å². The van der Waals surface area contributed by atoms with Crippen molar-refractivity contribution >= 4 is 5.97 Å². The van der Waals surface area contributed by atoms with Crippen LogP contribution in [0.25, 0.3) is 0 Å². The van der Waals surface area contributed by atoms with Gasteiger partial charge in [0.15, 0.2) is 0 Å². The molecule has 3 rings (SSSR count). The van der Waals surface area contributed by atoms with Crippen LogP contribution < -0.4 is 0 Å². The van der Waals surface area contributed by atoms with Gasteiger partial charge >= 0.3 is 5.97 Å². The molecular formula is C27H36FNO4. The van der Waals surface area contributed by atoms with Gasteiger partial charge in [0.2, 0.25) is 0 Å². The molecule has 0 radical (unpaired) electrons. The summed E-state index contributed by atoms with van der Waals surface area (Å²) in [5.74, 6) is -0.988. The molecule has 6 heteroatoms. The van der Waals surface area contributed by atoms with Gasteiger partial charge in [-0.3, -0.25) is 9.69 Å². The number of nitrogens with zero attached hydrogens (tertiary/aromatic N) is 1. The van der Waals surface area contributed by atoms with E-state index in [4.69, 9.17) is 9.84 Å². The van der Waals surface area contributed by atoms with E-state index in [1.54, 1.807) is 13.0 Å². The number of aliphatic hydroxyl groups is 1. The summed E-state index contributed by atoms with van der Waals surface area (Å²) >= 11 is 0. The number of hydrogen-bond acceptors (Lipinski definition) is 4. The number of β-amino-alcohol motifs (C(OH)–C–C–N with tert-alkyl or cyclic N) is 1. The molecule has 5 nitrogen and oxygen atoms in total. The third-order valence-electron chi connectivity index (χ3n) is 6.54. The SMILES string of the molecule is Cc1ccc([C@@H](C)OC[C@@H](O)CN2CCC[C@H]2Cc2ccc(C)c(F)c2)c(CCC(=O)O)c1. The van der Waals surface area contributed by atoms with Crippen LogP contribution in [-0.4, -0.2) is 52.9 Å². The van der Waals surface area contributed by atoms with E-state index < -0.39 is 12.1 Å². The number of carboxylic acid groups (broad SMARTS) is 1. The molecule has 0 aliphatic carbocycles. The fourth-order valence-corrected chi connectivity index (χ4v) is 4.66. The molecule has 0 aromatic heterocycles. The van der Waals surface area contributed by atoms with Crippen molar-refractivity contribution in [1.82, 2.24) is 4.90 Å². The molecule has 1 heterocycles. The maximum atomic E-state index is 13.9. The molecule has 0 saturated carbocycles. The van der Waals surface area contributed by atoms with Gasteiger partial charge in [0, 0.05) is 19.0 Å². The van der Waals surface area contributed by atoms with Gasteiger partial charge in [0.05, 0.1) is 18.8 Å². The first kappa shape index (κ1) is 25.3. The molecule has 2 aromatic rings. The molecule has 33 heavy (non-hydrogen) atoms. The smallest absolute Gasteiger partial charge is 0.303 e. The predicted molar refractivity (Wildman–Crippen MR) is 127 cm³/mol. The molecule has 0 bridgehead atoms. The zero-order chi connectivity index (χ0) is 24.0. The molecule has 2 N–H and O–H groups in total. The Labute approximate surface area is 196 Å². The number of benzene rings is 2. The third kappa shape index (κ3) is 7.36. The summed E-state index contributed by atoms with van der Waals surface area (Å²) in [7, 11) is 0. The molecule has 3 atom stereocenters. The summed E-state index contributed by atoms with van der Waals surface area (Å²) < 4.78 is 19.9. The van der Waals surface area contributed by atoms with Crippen LogP contribution in [0.3, 0.4) is 0 Å². The summed E-state index contributed by atoms with van der Waals surface area (Å²) in [5, 5.41) is 19.7. The number of ether oxygens (including phenoxy) is 1. The Morgan fingerprint density at radius 1 is 1.24 bits per heavy atom. The van der Waals surface area contributed by atoms with Gasteiger partial charge in [-0.05, 0) is 81.3 Å². The quantitative estimate of drug-likeness (QED) is 0.516. The molecule has 1 aliphatic heterocycles. The number of carboxylic acids is 1. The fraction of sp³-hybridized carbons (Fsp3) is 0.519. The van der Waals surface area contributed by atoms with Crippen molar-refractivity contribution in [2.45, 2.75) is 71.1 Å². The summed E-state index contributed by atoms with van der Waals surface area (Å²) in [4.78, 5) is 13.3. The maximum Gasteiger partial charge on any atom is 0.303 e. The van der Waals surface area contributed by atoms with Crippen LogP contribution in [0.2, 0.25) is 0 Å². The monoisotopic (exact) mass is 457 g/mol. The van der Waals surface area contributed by atoms with Gasteiger partial charge in [-0.2, -0.15) is 0 Å². The summed E-state index contributed by atoms with van der Waals surface area (Å²) in [6, 6.07) is 11.7. The highest BCUT2D eigenvalue weighted by Gasteiger charge is 2.27. The Morgan fingerprint density at radius 3 is 2.76 bits per heavy atom. The Hall–Kier alpha value is -2.28. The Balaban J connectivity index is 1.53. The summed E-state index contributed by atoms with van der Waals surface area (Å²) in [6.45, 7) is 7.33. The zero-order valence-electron chi connectivity index (χ0n) is 19.9. The van der Waals surface area contributed by atoms with E-state index >= 15 is 0 Å². The summed E-state index contributed by atoms with van der Waals surface area (Å²) in [5.41, 5.74) is 4.67. The van der Waals surface area contributed by atoms with Crippen LogP contribution in [0.5, 0.6) is 0 Å². The number of aliphatic carboxylic acids is 1. The van der Waals surface area contributed by atoms with Crippen molar-refractivity contribution in [2.24, 2.45) is 0 Å². The molecule has 0 spiro atoms. The van der Waals surface area contributed by atoms with Gasteiger partial charge in [-0.15, -0.1) is 0 Å². The molecule has 180 valence electrons. The average Bonchev–Trinajstić information content (AvgIpc) is 3.19. The molecule has 1 saturated heterocycles. The second-order valence-corrected chi connectivity index (χ2v) is 9.30. The lowest BCUT2D eigenvalue weighted by molar-refractivity contribution is -0.136. The van der Waals surface area contributed by atoms with E-state index in [1.807, 2.05) is 44.2 Å². The van der Waals surface area contributed by atoms with Crippen molar-refractivity contribution in [3.63, 3.8) is 0 Å². The molecule has 1 aliphatic rings. The first-order chi connectivity index (χ1) is 15.7. The molecule has 2 aromatic carbocycles. The van der Waals surface area contributed by atoms with E-state index in [0.717, 1.165) is 48.1 Å². The minimum absolute atomic E-state index is 0.0764. The number of hydrogen-bond donors (Lipinski definition) is 2. The molecule has 0 amide bonds. The average molecular weight is 458 g/mol. The van der Waals surface area contributed by atoms with Gasteiger partial charge in [0.25, 0.3) is 0 Å². The largest absolute Gasteiger partial charge is 0.481 e. The topological polar surface area (TPSA) is 70.0 Å². The molecule has 0 unspecified atom stereocenters. The van der Waals surface area contributed by atoms with Gasteiger partial charge in [-0.25, -0.2) is 4.39 Å². The highest BCUT2D eigenvalue weighted by Crippen LogP contribution is 2.25. The predicted octanol–water partition coefficient (Wildman–Crippen LogP) is 4.61. The highest BCUT2D eigenvalue weighted by atomic mass is 19.1. The Kier molecular flexibility index (Phi) is 9.01. The van der Waals surface area contributed by atoms with Crippen molar-refractivity contribution in [3.05, 3.63) is 70.0 Å². The molecular weight excluding hydrogens is 421 g/mol. The van der Waals surface area contributed by atoms with E-state index in [-0.39, 0.29) is 24.9 Å². The van der Waals surface area contributed by atoms with Crippen molar-refractivity contribution in [3.8, 4) is 0 Å². The lowest BCUT2D eigenvalue weighted by Crippen LogP contribution is -2.39. The lowest BCUT2D eigenvalue weighted by atomic mass is 9.97. The van der Waals surface area contributed by atoms with Gasteiger partial charge in [0.1, 0.15) is 5.82 Å². The Morgan fingerprint density at radius 2 is 2.03 bits per heavy atom. The maximum absolute atomic E-state index is 13.9. The van der Waals surface area contributed by atoms with E-state index in [2.05, 4.69) is 4.90 Å². The van der Waals surface area contributed by atoms with E-state index in [1.165, 1.54) is 0 Å². The number of likely N-dealkylation sites (tertiary alicyclic amines) is 1. The highest BCUT2D eigenvalue weighted by molar-refractivity contribution is 5.67. The van der Waals surface area contributed by atoms with Crippen LogP contribution in [0.15, 0.2) is 36.4 Å². The zero-order valence-corrected chi connectivity index (χ0v) is 19.9. The van der Waals surface area contributed by atoms with Crippen LogP contribution in [-0.2, 0) is 22.4 Å². The van der Waals surface area contributed by atoms with Gasteiger partial charge < -0.3 is 14.9 Å². The van der Waals surface area contributed by atoms with E-state index in [9.17, 15) is 14.3 Å². The first-order valence-electron chi connectivity index (χ1n) is 11.8. The normalized spacial score (nSPS) is 18.4. The van der Waals surface area contributed by atoms with Gasteiger partial charge in [-0.1, -0.05) is 35.9 Å². The molecule has 1 fully saturated rings. The minimum Gasteiger partial charge on any atom is -0.481 e. The minimum atomic E-state index is -0.819. The lowest BCUT2D eigenvalue weighted by Gasteiger charge is -2.28. The van der Waals surface area contributed by atoms with Crippen LogP contribution in [0, 0.1) is 19.7 Å². The number of halogens is 1. The number of aryl methyl sites for hydroxylation is 3. The third-order valence-corrected chi connectivity index (χ3v) is 6.54. The first-order valence-corrected chi connectivity index (χ1v) is 11.8. The fourth-order valence-electron chi connectivity index (χ4n) is 4.66. The number of carbonyl (C=O) groups is 1.